The molecule has 0 amide bonds. The van der Waals surface area contributed by atoms with Gasteiger partial charge in [-0.05, 0) is 24.0 Å². The van der Waals surface area contributed by atoms with Gasteiger partial charge in [-0.1, -0.05) is 39.0 Å². The zero-order chi connectivity index (χ0) is 12.2. The number of hydrogen-bond donors (Lipinski definition) is 0. The summed E-state index contributed by atoms with van der Waals surface area (Å²) in [6, 6.07) is 7.42. The molecule has 0 saturated heterocycles. The highest BCUT2D eigenvalue weighted by atomic mass is 17.2. The molecule has 0 saturated carbocycles. The first-order valence-electron chi connectivity index (χ1n) is 5.40. The van der Waals surface area contributed by atoms with Crippen molar-refractivity contribution in [3.8, 4) is 0 Å². The summed E-state index contributed by atoms with van der Waals surface area (Å²) in [5.74, 6) is -0.438. The summed E-state index contributed by atoms with van der Waals surface area (Å²) >= 11 is 0. The van der Waals surface area contributed by atoms with E-state index >= 15 is 0 Å². The molecule has 1 aromatic carbocycles. The maximum Gasteiger partial charge on any atom is 0.373 e. The van der Waals surface area contributed by atoms with Crippen LogP contribution in [-0.4, -0.2) is 12.6 Å². The summed E-state index contributed by atoms with van der Waals surface area (Å²) < 4.78 is 0. The van der Waals surface area contributed by atoms with Crippen molar-refractivity contribution in [2.45, 2.75) is 33.1 Å². The van der Waals surface area contributed by atoms with Crippen molar-refractivity contribution >= 4 is 5.97 Å². The lowest BCUT2D eigenvalue weighted by Gasteiger charge is -2.21. The molecule has 0 atom stereocenters. The normalized spacial score (nSPS) is 11.2. The second-order valence-corrected chi connectivity index (χ2v) is 4.57. The van der Waals surface area contributed by atoms with Crippen LogP contribution >= 0.6 is 0 Å². The Bertz CT molecular complexity index is 364. The predicted octanol–water partition coefficient (Wildman–Crippen LogP) is 3.09. The monoisotopic (exact) mass is 222 g/mol. The summed E-state index contributed by atoms with van der Waals surface area (Å²) in [5.41, 5.74) is 1.42. The SMILES string of the molecule is CCOOC(=O)c1ccccc1C(C)(C)C. The topological polar surface area (TPSA) is 35.5 Å². The zero-order valence-electron chi connectivity index (χ0n) is 10.2. The Hall–Kier alpha value is -1.35. The fourth-order valence-corrected chi connectivity index (χ4v) is 1.47. The molecule has 0 spiro atoms. The molecule has 0 fully saturated rings. The first-order valence-corrected chi connectivity index (χ1v) is 5.40. The van der Waals surface area contributed by atoms with Crippen molar-refractivity contribution in [3.63, 3.8) is 0 Å². The van der Waals surface area contributed by atoms with Crippen molar-refractivity contribution in [1.29, 1.82) is 0 Å². The van der Waals surface area contributed by atoms with Crippen LogP contribution in [0.5, 0.6) is 0 Å². The van der Waals surface area contributed by atoms with E-state index in [1.165, 1.54) is 0 Å². The average molecular weight is 222 g/mol. The Kier molecular flexibility index (Phi) is 4.07. The van der Waals surface area contributed by atoms with Crippen molar-refractivity contribution in [2.75, 3.05) is 6.61 Å². The molecular weight excluding hydrogens is 204 g/mol. The van der Waals surface area contributed by atoms with E-state index in [0.717, 1.165) is 5.56 Å². The summed E-state index contributed by atoms with van der Waals surface area (Å²) in [6.45, 7) is 8.28. The van der Waals surface area contributed by atoms with E-state index in [9.17, 15) is 4.79 Å². The lowest BCUT2D eigenvalue weighted by Crippen LogP contribution is -2.18. The standard InChI is InChI=1S/C13H18O3/c1-5-15-16-12(14)10-8-6-7-9-11(10)13(2,3)4/h6-9H,5H2,1-4H3. The molecule has 0 bridgehead atoms. The van der Waals surface area contributed by atoms with Crippen LogP contribution in [0.4, 0.5) is 0 Å². The van der Waals surface area contributed by atoms with Gasteiger partial charge in [-0.15, -0.1) is 0 Å². The number of carbonyl (C=O) groups excluding carboxylic acids is 1. The quantitative estimate of drug-likeness (QED) is 0.582. The fraction of sp³-hybridized carbons (Fsp3) is 0.462. The first kappa shape index (κ1) is 12.7. The molecule has 1 rings (SSSR count). The Balaban J connectivity index is 3.00. The van der Waals surface area contributed by atoms with Gasteiger partial charge in [0.2, 0.25) is 0 Å². The molecule has 1 aromatic rings. The van der Waals surface area contributed by atoms with Gasteiger partial charge < -0.3 is 0 Å². The third kappa shape index (κ3) is 3.07. The fourth-order valence-electron chi connectivity index (χ4n) is 1.47. The van der Waals surface area contributed by atoms with E-state index in [4.69, 9.17) is 0 Å². The minimum Gasteiger partial charge on any atom is -0.293 e. The van der Waals surface area contributed by atoms with Crippen LogP contribution in [0.15, 0.2) is 24.3 Å². The lowest BCUT2D eigenvalue weighted by molar-refractivity contribution is -0.237. The van der Waals surface area contributed by atoms with Gasteiger partial charge in [0.25, 0.3) is 0 Å². The molecule has 0 radical (unpaired) electrons. The molecule has 0 aliphatic carbocycles. The summed E-state index contributed by atoms with van der Waals surface area (Å²) in [6.07, 6.45) is 0. The van der Waals surface area contributed by atoms with Crippen molar-refractivity contribution in [2.24, 2.45) is 0 Å². The van der Waals surface area contributed by atoms with E-state index in [2.05, 4.69) is 30.5 Å². The maximum atomic E-state index is 11.7. The molecule has 16 heavy (non-hydrogen) atoms. The lowest BCUT2D eigenvalue weighted by atomic mass is 9.84. The van der Waals surface area contributed by atoms with E-state index in [0.29, 0.717) is 12.2 Å². The molecule has 0 aliphatic rings. The van der Waals surface area contributed by atoms with Gasteiger partial charge in [-0.2, -0.15) is 4.89 Å². The molecular formula is C13H18O3. The molecule has 0 unspecified atom stereocenters. The van der Waals surface area contributed by atoms with Gasteiger partial charge in [-0.3, -0.25) is 4.89 Å². The summed E-state index contributed by atoms with van der Waals surface area (Å²) in [7, 11) is 0. The number of rotatable bonds is 3. The Morgan fingerprint density at radius 2 is 1.88 bits per heavy atom. The molecule has 3 heteroatoms. The van der Waals surface area contributed by atoms with E-state index < -0.39 is 5.97 Å². The highest BCUT2D eigenvalue weighted by molar-refractivity contribution is 5.91. The predicted molar refractivity (Wildman–Crippen MR) is 62.2 cm³/mol. The van der Waals surface area contributed by atoms with Gasteiger partial charge in [0.05, 0.1) is 12.2 Å². The number of carbonyl (C=O) groups is 1. The average Bonchev–Trinajstić information content (AvgIpc) is 2.24. The van der Waals surface area contributed by atoms with Crippen LogP contribution in [-0.2, 0) is 15.2 Å². The third-order valence-corrected chi connectivity index (χ3v) is 2.21. The Morgan fingerprint density at radius 1 is 1.25 bits per heavy atom. The second-order valence-electron chi connectivity index (χ2n) is 4.57. The molecule has 0 heterocycles. The molecule has 0 aromatic heterocycles. The largest absolute Gasteiger partial charge is 0.373 e. The van der Waals surface area contributed by atoms with E-state index in [1.54, 1.807) is 13.0 Å². The number of benzene rings is 1. The van der Waals surface area contributed by atoms with Gasteiger partial charge >= 0.3 is 5.97 Å². The second kappa shape index (κ2) is 5.12. The van der Waals surface area contributed by atoms with Gasteiger partial charge in [0, 0.05) is 0 Å². The van der Waals surface area contributed by atoms with Gasteiger partial charge in [-0.25, -0.2) is 4.79 Å². The Morgan fingerprint density at radius 3 is 2.44 bits per heavy atom. The first-order chi connectivity index (χ1) is 7.46. The van der Waals surface area contributed by atoms with Crippen LogP contribution in [0.3, 0.4) is 0 Å². The van der Waals surface area contributed by atoms with Crippen LogP contribution in [0.1, 0.15) is 43.6 Å². The van der Waals surface area contributed by atoms with Crippen LogP contribution < -0.4 is 0 Å². The zero-order valence-corrected chi connectivity index (χ0v) is 10.2. The van der Waals surface area contributed by atoms with Crippen LogP contribution in [0.2, 0.25) is 0 Å². The highest BCUT2D eigenvalue weighted by Crippen LogP contribution is 2.26. The van der Waals surface area contributed by atoms with E-state index in [-0.39, 0.29) is 5.41 Å². The molecule has 0 N–H and O–H groups in total. The third-order valence-electron chi connectivity index (χ3n) is 2.21. The molecule has 0 aliphatic heterocycles. The van der Waals surface area contributed by atoms with E-state index in [1.807, 2.05) is 18.2 Å². The Labute approximate surface area is 96.3 Å². The minimum absolute atomic E-state index is 0.0954. The van der Waals surface area contributed by atoms with Crippen molar-refractivity contribution in [3.05, 3.63) is 35.4 Å². The molecule has 3 nitrogen and oxygen atoms in total. The summed E-state index contributed by atoms with van der Waals surface area (Å²) in [4.78, 5) is 21.1. The van der Waals surface area contributed by atoms with Gasteiger partial charge in [0.15, 0.2) is 0 Å². The molecule has 88 valence electrons. The maximum absolute atomic E-state index is 11.7. The number of hydrogen-bond acceptors (Lipinski definition) is 3. The van der Waals surface area contributed by atoms with Crippen molar-refractivity contribution in [1.82, 2.24) is 0 Å². The van der Waals surface area contributed by atoms with Crippen LogP contribution in [0, 0.1) is 0 Å². The van der Waals surface area contributed by atoms with Crippen molar-refractivity contribution < 1.29 is 14.6 Å². The minimum atomic E-state index is -0.438. The smallest absolute Gasteiger partial charge is 0.293 e. The van der Waals surface area contributed by atoms with Crippen LogP contribution in [0.25, 0.3) is 0 Å². The van der Waals surface area contributed by atoms with Gasteiger partial charge in [0.1, 0.15) is 0 Å². The summed E-state index contributed by atoms with van der Waals surface area (Å²) in [5, 5.41) is 0. The highest BCUT2D eigenvalue weighted by Gasteiger charge is 2.22.